The van der Waals surface area contributed by atoms with Gasteiger partial charge in [0.25, 0.3) is 0 Å². The molecule has 1 rings (SSSR count). The van der Waals surface area contributed by atoms with Crippen molar-refractivity contribution in [3.8, 4) is 0 Å². The third-order valence-corrected chi connectivity index (χ3v) is 2.81. The van der Waals surface area contributed by atoms with Crippen LogP contribution in [0.3, 0.4) is 0 Å². The van der Waals surface area contributed by atoms with Crippen LogP contribution in [0.25, 0.3) is 0 Å². The summed E-state index contributed by atoms with van der Waals surface area (Å²) in [6.07, 6.45) is 0.273. The lowest BCUT2D eigenvalue weighted by Gasteiger charge is -2.23. The summed E-state index contributed by atoms with van der Waals surface area (Å²) in [4.78, 5) is 12.5. The van der Waals surface area contributed by atoms with Crippen LogP contribution in [0.4, 0.5) is 5.69 Å². The third-order valence-electron chi connectivity index (χ3n) is 2.81. The highest BCUT2D eigenvalue weighted by Gasteiger charge is 2.12. The fourth-order valence-electron chi connectivity index (χ4n) is 1.80. The number of hydrogen-bond donors (Lipinski definition) is 4. The molecule has 0 aromatic heterocycles. The molecule has 0 aliphatic carbocycles. The number of carboxylic acids is 1. The lowest BCUT2D eigenvalue weighted by molar-refractivity contribution is -0.138. The van der Waals surface area contributed by atoms with Gasteiger partial charge in [-0.3, -0.25) is 4.79 Å². The van der Waals surface area contributed by atoms with Crippen LogP contribution in [-0.2, 0) is 11.2 Å². The molecule has 0 unspecified atom stereocenters. The predicted octanol–water partition coefficient (Wildman–Crippen LogP) is -0.568. The summed E-state index contributed by atoms with van der Waals surface area (Å²) < 4.78 is 0. The molecule has 0 radical (unpaired) electrons. The number of nitrogens with two attached hydrogens (primary N) is 1. The van der Waals surface area contributed by atoms with Crippen LogP contribution in [0.1, 0.15) is 5.56 Å². The van der Waals surface area contributed by atoms with E-state index in [9.17, 15) is 4.79 Å². The number of aliphatic hydroxyl groups excluding tert-OH is 2. The van der Waals surface area contributed by atoms with E-state index < -0.39 is 12.0 Å². The average molecular weight is 268 g/mol. The lowest BCUT2D eigenvalue weighted by Crippen LogP contribution is -2.32. The molecule has 0 aliphatic heterocycles. The Balaban J connectivity index is 2.71. The Labute approximate surface area is 112 Å². The molecule has 6 nitrogen and oxygen atoms in total. The number of aliphatic hydroxyl groups is 2. The van der Waals surface area contributed by atoms with Gasteiger partial charge in [0.2, 0.25) is 0 Å². The molecule has 1 aromatic carbocycles. The van der Waals surface area contributed by atoms with E-state index in [4.69, 9.17) is 21.1 Å². The fourth-order valence-corrected chi connectivity index (χ4v) is 1.80. The molecular weight excluding hydrogens is 248 g/mol. The highest BCUT2D eigenvalue weighted by Crippen LogP contribution is 2.15. The SMILES string of the molecule is N[C@@H](Cc1ccc(N(CCO)CCO)cc1)C(=O)O. The fraction of sp³-hybridized carbons (Fsp3) is 0.462. The molecule has 0 aliphatic rings. The summed E-state index contributed by atoms with van der Waals surface area (Å²) >= 11 is 0. The number of benzene rings is 1. The topological polar surface area (TPSA) is 107 Å². The van der Waals surface area contributed by atoms with Gasteiger partial charge in [-0.1, -0.05) is 12.1 Å². The molecule has 0 amide bonds. The minimum absolute atomic E-state index is 0.00559. The largest absolute Gasteiger partial charge is 0.480 e. The Morgan fingerprint density at radius 1 is 1.16 bits per heavy atom. The molecule has 5 N–H and O–H groups in total. The Morgan fingerprint density at radius 2 is 1.68 bits per heavy atom. The van der Waals surface area contributed by atoms with Crippen LogP contribution >= 0.6 is 0 Å². The van der Waals surface area contributed by atoms with Gasteiger partial charge in [0.1, 0.15) is 6.04 Å². The van der Waals surface area contributed by atoms with Crippen molar-refractivity contribution in [2.45, 2.75) is 12.5 Å². The standard InChI is InChI=1S/C13H20N2O4/c14-12(13(18)19)9-10-1-3-11(4-2-10)15(5-7-16)6-8-17/h1-4,12,16-17H,5-9,14H2,(H,18,19)/t12-/m0/s1. The Bertz CT molecular complexity index is 388. The molecule has 6 heteroatoms. The van der Waals surface area contributed by atoms with Crippen molar-refractivity contribution < 1.29 is 20.1 Å². The summed E-state index contributed by atoms with van der Waals surface area (Å²) in [5, 5.41) is 26.6. The molecule has 0 heterocycles. The highest BCUT2D eigenvalue weighted by atomic mass is 16.4. The van der Waals surface area contributed by atoms with Crippen molar-refractivity contribution in [2.75, 3.05) is 31.2 Å². The number of carboxylic acid groups (broad SMARTS) is 1. The maximum Gasteiger partial charge on any atom is 0.320 e. The maximum absolute atomic E-state index is 10.7. The van der Waals surface area contributed by atoms with Crippen LogP contribution < -0.4 is 10.6 Å². The van der Waals surface area contributed by atoms with Crippen LogP contribution in [-0.4, -0.2) is 53.6 Å². The molecular formula is C13H20N2O4. The van der Waals surface area contributed by atoms with Gasteiger partial charge in [-0.05, 0) is 24.1 Å². The van der Waals surface area contributed by atoms with Gasteiger partial charge in [-0.25, -0.2) is 0 Å². The second-order valence-electron chi connectivity index (χ2n) is 4.25. The predicted molar refractivity (Wildman–Crippen MR) is 72.1 cm³/mol. The number of rotatable bonds is 8. The normalized spacial score (nSPS) is 12.2. The van der Waals surface area contributed by atoms with Gasteiger partial charge >= 0.3 is 5.97 Å². The van der Waals surface area contributed by atoms with Crippen molar-refractivity contribution in [3.05, 3.63) is 29.8 Å². The average Bonchev–Trinajstić information content (AvgIpc) is 2.39. The van der Waals surface area contributed by atoms with E-state index in [1.54, 1.807) is 12.1 Å². The molecule has 1 aromatic rings. The van der Waals surface area contributed by atoms with E-state index in [-0.39, 0.29) is 19.6 Å². The highest BCUT2D eigenvalue weighted by molar-refractivity contribution is 5.73. The quantitative estimate of drug-likeness (QED) is 0.503. The molecule has 0 bridgehead atoms. The molecule has 19 heavy (non-hydrogen) atoms. The summed E-state index contributed by atoms with van der Waals surface area (Å²) in [7, 11) is 0. The van der Waals surface area contributed by atoms with Gasteiger partial charge in [0.05, 0.1) is 13.2 Å². The molecule has 1 atom stereocenters. The van der Waals surface area contributed by atoms with Crippen molar-refractivity contribution in [3.63, 3.8) is 0 Å². The lowest BCUT2D eigenvalue weighted by atomic mass is 10.1. The number of anilines is 1. The van der Waals surface area contributed by atoms with Crippen LogP contribution in [0.15, 0.2) is 24.3 Å². The van der Waals surface area contributed by atoms with Crippen molar-refractivity contribution in [1.29, 1.82) is 0 Å². The first-order valence-corrected chi connectivity index (χ1v) is 6.12. The van der Waals surface area contributed by atoms with Crippen molar-refractivity contribution >= 4 is 11.7 Å². The maximum atomic E-state index is 10.7. The van der Waals surface area contributed by atoms with E-state index >= 15 is 0 Å². The van der Waals surface area contributed by atoms with Crippen LogP contribution in [0.5, 0.6) is 0 Å². The zero-order valence-corrected chi connectivity index (χ0v) is 10.7. The second-order valence-corrected chi connectivity index (χ2v) is 4.25. The van der Waals surface area contributed by atoms with Gasteiger partial charge < -0.3 is 26.0 Å². The van der Waals surface area contributed by atoms with Gasteiger partial charge in [0, 0.05) is 18.8 Å². The van der Waals surface area contributed by atoms with Gasteiger partial charge in [-0.2, -0.15) is 0 Å². The second kappa shape index (κ2) is 7.73. The minimum Gasteiger partial charge on any atom is -0.480 e. The smallest absolute Gasteiger partial charge is 0.320 e. The third kappa shape index (κ3) is 4.86. The van der Waals surface area contributed by atoms with Crippen LogP contribution in [0.2, 0.25) is 0 Å². The van der Waals surface area contributed by atoms with Crippen LogP contribution in [0, 0.1) is 0 Å². The number of aliphatic carboxylic acids is 1. The minimum atomic E-state index is -1.02. The van der Waals surface area contributed by atoms with Crippen molar-refractivity contribution in [2.24, 2.45) is 5.73 Å². The summed E-state index contributed by atoms with van der Waals surface area (Å²) in [6, 6.07) is 6.36. The zero-order chi connectivity index (χ0) is 14.3. The van der Waals surface area contributed by atoms with Gasteiger partial charge in [-0.15, -0.1) is 0 Å². The monoisotopic (exact) mass is 268 g/mol. The first-order chi connectivity index (χ1) is 9.08. The number of nitrogens with zero attached hydrogens (tertiary/aromatic N) is 1. The van der Waals surface area contributed by atoms with E-state index in [2.05, 4.69) is 0 Å². The Hall–Kier alpha value is -1.63. The summed E-state index contributed by atoms with van der Waals surface area (Å²) in [5.74, 6) is -1.02. The molecule has 0 spiro atoms. The van der Waals surface area contributed by atoms with E-state index in [0.29, 0.717) is 13.1 Å². The van der Waals surface area contributed by atoms with E-state index in [1.165, 1.54) is 0 Å². The molecule has 0 saturated carbocycles. The Kier molecular flexibility index (Phi) is 6.27. The van der Waals surface area contributed by atoms with E-state index in [0.717, 1.165) is 11.3 Å². The summed E-state index contributed by atoms with van der Waals surface area (Å²) in [6.45, 7) is 0.889. The number of carbonyl (C=O) groups is 1. The first kappa shape index (κ1) is 15.4. The first-order valence-electron chi connectivity index (χ1n) is 6.12. The number of hydrogen-bond acceptors (Lipinski definition) is 5. The van der Waals surface area contributed by atoms with E-state index in [1.807, 2.05) is 17.0 Å². The Morgan fingerprint density at radius 3 is 2.11 bits per heavy atom. The van der Waals surface area contributed by atoms with Crippen molar-refractivity contribution in [1.82, 2.24) is 0 Å². The van der Waals surface area contributed by atoms with Gasteiger partial charge in [0.15, 0.2) is 0 Å². The zero-order valence-electron chi connectivity index (χ0n) is 10.7. The molecule has 106 valence electrons. The molecule has 0 saturated heterocycles. The molecule has 0 fully saturated rings. The summed E-state index contributed by atoms with van der Waals surface area (Å²) in [5.41, 5.74) is 7.18.